The van der Waals surface area contributed by atoms with Gasteiger partial charge in [0.1, 0.15) is 16.9 Å². The molecule has 3 rings (SSSR count). The third-order valence-electron chi connectivity index (χ3n) is 4.06. The van der Waals surface area contributed by atoms with Crippen molar-refractivity contribution in [2.45, 2.75) is 45.4 Å². The molecule has 3 heterocycles. The number of H-pyrrole nitrogens is 1. The number of nitrogens with zero attached hydrogens (tertiary/aromatic N) is 3. The number of nitrogens with two attached hydrogens (primary N) is 2. The van der Waals surface area contributed by atoms with E-state index in [1.54, 1.807) is 0 Å². The molecular formula is C17H24N6. The predicted octanol–water partition coefficient (Wildman–Crippen LogP) is 2.71. The Balaban J connectivity index is 2.03. The van der Waals surface area contributed by atoms with Crippen molar-refractivity contribution in [1.29, 1.82) is 0 Å². The zero-order chi connectivity index (χ0) is 16.2. The number of hydrogen-bond acceptors (Lipinski definition) is 5. The zero-order valence-electron chi connectivity index (χ0n) is 13.6. The molecule has 0 atom stereocenters. The summed E-state index contributed by atoms with van der Waals surface area (Å²) in [7, 11) is 0. The van der Waals surface area contributed by atoms with Gasteiger partial charge in [0, 0.05) is 12.1 Å². The minimum atomic E-state index is 0.462. The van der Waals surface area contributed by atoms with Crippen molar-refractivity contribution < 1.29 is 0 Å². The number of pyridine rings is 2. The van der Waals surface area contributed by atoms with E-state index in [9.17, 15) is 0 Å². The lowest BCUT2D eigenvalue weighted by atomic mass is 10.1. The fourth-order valence-electron chi connectivity index (χ4n) is 2.78. The molecule has 0 radical (unpaired) electrons. The Morgan fingerprint density at radius 1 is 1.00 bits per heavy atom. The molecule has 6 heteroatoms. The zero-order valence-corrected chi connectivity index (χ0v) is 13.6. The minimum Gasteiger partial charge on any atom is -0.382 e. The number of rotatable bonds is 7. The monoisotopic (exact) mass is 312 g/mol. The summed E-state index contributed by atoms with van der Waals surface area (Å²) in [5, 5.41) is 0. The van der Waals surface area contributed by atoms with Gasteiger partial charge in [0.25, 0.3) is 0 Å². The van der Waals surface area contributed by atoms with Crippen LogP contribution in [0.3, 0.4) is 0 Å². The van der Waals surface area contributed by atoms with Crippen LogP contribution in [0.4, 0.5) is 5.82 Å². The molecule has 0 fully saturated rings. The second-order valence-electron chi connectivity index (χ2n) is 5.92. The normalized spacial score (nSPS) is 11.6. The Morgan fingerprint density at radius 2 is 1.87 bits per heavy atom. The van der Waals surface area contributed by atoms with E-state index >= 15 is 0 Å². The number of anilines is 1. The van der Waals surface area contributed by atoms with E-state index in [-0.39, 0.29) is 0 Å². The molecule has 0 amide bonds. The molecule has 0 unspecified atom stereocenters. The molecule has 0 bridgehead atoms. The maximum atomic E-state index is 6.07. The van der Waals surface area contributed by atoms with Crippen molar-refractivity contribution in [2.75, 3.05) is 12.3 Å². The lowest BCUT2D eigenvalue weighted by molar-refractivity contribution is 0.734. The summed E-state index contributed by atoms with van der Waals surface area (Å²) in [6, 6.07) is 4.01. The Morgan fingerprint density at radius 3 is 2.65 bits per heavy atom. The second-order valence-corrected chi connectivity index (χ2v) is 5.92. The summed E-state index contributed by atoms with van der Waals surface area (Å²) in [6.45, 7) is 2.89. The van der Waals surface area contributed by atoms with E-state index in [0.717, 1.165) is 78.7 Å². The SMILES string of the molecule is CCCCc1nc2c(N)nc3ccc(CCCCN)nc3c2[nH]1. The van der Waals surface area contributed by atoms with Crippen LogP contribution in [0, 0.1) is 0 Å². The average Bonchev–Trinajstić information content (AvgIpc) is 2.99. The molecule has 122 valence electrons. The van der Waals surface area contributed by atoms with Crippen molar-refractivity contribution in [2.24, 2.45) is 5.73 Å². The summed E-state index contributed by atoms with van der Waals surface area (Å²) < 4.78 is 0. The molecule has 0 aliphatic rings. The molecule has 5 N–H and O–H groups in total. The van der Waals surface area contributed by atoms with Crippen LogP contribution in [-0.4, -0.2) is 26.5 Å². The number of aromatic nitrogens is 4. The Kier molecular flexibility index (Phi) is 4.71. The van der Waals surface area contributed by atoms with Crippen LogP contribution in [0.5, 0.6) is 0 Å². The lowest BCUT2D eigenvalue weighted by Gasteiger charge is -2.04. The summed E-state index contributed by atoms with van der Waals surface area (Å²) >= 11 is 0. The third kappa shape index (κ3) is 3.27. The van der Waals surface area contributed by atoms with Crippen LogP contribution in [0.15, 0.2) is 12.1 Å². The summed E-state index contributed by atoms with van der Waals surface area (Å²) in [4.78, 5) is 17.2. The highest BCUT2D eigenvalue weighted by Gasteiger charge is 2.13. The molecule has 3 aromatic rings. The molecule has 23 heavy (non-hydrogen) atoms. The van der Waals surface area contributed by atoms with Gasteiger partial charge in [0.2, 0.25) is 0 Å². The fraction of sp³-hybridized carbons (Fsp3) is 0.471. The van der Waals surface area contributed by atoms with E-state index in [0.29, 0.717) is 5.82 Å². The van der Waals surface area contributed by atoms with Crippen molar-refractivity contribution in [3.63, 3.8) is 0 Å². The second kappa shape index (κ2) is 6.91. The van der Waals surface area contributed by atoms with Crippen LogP contribution in [0.25, 0.3) is 22.1 Å². The van der Waals surface area contributed by atoms with Crippen molar-refractivity contribution in [3.05, 3.63) is 23.7 Å². The first-order valence-electron chi connectivity index (χ1n) is 8.36. The summed E-state index contributed by atoms with van der Waals surface area (Å²) in [6.07, 6.45) is 6.14. The molecule has 0 aromatic carbocycles. The fourth-order valence-corrected chi connectivity index (χ4v) is 2.78. The van der Waals surface area contributed by atoms with E-state index in [1.165, 1.54) is 0 Å². The number of aryl methyl sites for hydroxylation is 2. The molecule has 3 aromatic heterocycles. The van der Waals surface area contributed by atoms with E-state index < -0.39 is 0 Å². The maximum Gasteiger partial charge on any atom is 0.152 e. The molecular weight excluding hydrogens is 288 g/mol. The van der Waals surface area contributed by atoms with Gasteiger partial charge < -0.3 is 16.5 Å². The number of fused-ring (bicyclic) bond motifs is 3. The molecule has 0 saturated heterocycles. The van der Waals surface area contributed by atoms with Crippen molar-refractivity contribution in [1.82, 2.24) is 19.9 Å². The number of unbranched alkanes of at least 4 members (excludes halogenated alkanes) is 2. The standard InChI is InChI=1S/C17H24N6/c1-2-3-7-13-22-15-14-12(21-17(19)16(15)23-13)9-8-11(20-14)6-4-5-10-18/h8-9H,2-7,10,18H2,1H3,(H2,19,21)(H,22,23). The predicted molar refractivity (Wildman–Crippen MR) is 94.2 cm³/mol. The summed E-state index contributed by atoms with van der Waals surface area (Å²) in [5.74, 6) is 1.42. The first kappa shape index (κ1) is 15.7. The van der Waals surface area contributed by atoms with Crippen molar-refractivity contribution >= 4 is 27.9 Å². The van der Waals surface area contributed by atoms with Crippen LogP contribution < -0.4 is 11.5 Å². The van der Waals surface area contributed by atoms with Gasteiger partial charge in [0.05, 0.1) is 11.0 Å². The molecule has 0 aliphatic carbocycles. The average molecular weight is 312 g/mol. The van der Waals surface area contributed by atoms with Gasteiger partial charge in [-0.3, -0.25) is 0 Å². The van der Waals surface area contributed by atoms with Gasteiger partial charge in [0.15, 0.2) is 5.82 Å². The molecule has 0 spiro atoms. The molecule has 0 saturated carbocycles. The highest BCUT2D eigenvalue weighted by atomic mass is 15.0. The van der Waals surface area contributed by atoms with Crippen LogP contribution >= 0.6 is 0 Å². The maximum absolute atomic E-state index is 6.07. The quantitative estimate of drug-likeness (QED) is 0.581. The van der Waals surface area contributed by atoms with Gasteiger partial charge >= 0.3 is 0 Å². The van der Waals surface area contributed by atoms with E-state index in [1.807, 2.05) is 12.1 Å². The number of imidazole rings is 1. The van der Waals surface area contributed by atoms with Gasteiger partial charge in [-0.2, -0.15) is 0 Å². The van der Waals surface area contributed by atoms with Crippen LogP contribution in [0.1, 0.15) is 44.1 Å². The first-order valence-corrected chi connectivity index (χ1v) is 8.36. The van der Waals surface area contributed by atoms with Crippen LogP contribution in [0.2, 0.25) is 0 Å². The number of nitrogen functional groups attached to an aromatic ring is 1. The van der Waals surface area contributed by atoms with Gasteiger partial charge in [-0.1, -0.05) is 13.3 Å². The van der Waals surface area contributed by atoms with Gasteiger partial charge in [-0.15, -0.1) is 0 Å². The Bertz CT molecular complexity index is 808. The summed E-state index contributed by atoms with van der Waals surface area (Å²) in [5.41, 5.74) is 16.0. The highest BCUT2D eigenvalue weighted by Crippen LogP contribution is 2.25. The molecule has 6 nitrogen and oxygen atoms in total. The third-order valence-corrected chi connectivity index (χ3v) is 4.06. The van der Waals surface area contributed by atoms with Crippen LogP contribution in [-0.2, 0) is 12.8 Å². The number of nitrogens with one attached hydrogen (secondary N) is 1. The van der Waals surface area contributed by atoms with Gasteiger partial charge in [-0.25, -0.2) is 15.0 Å². The smallest absolute Gasteiger partial charge is 0.152 e. The largest absolute Gasteiger partial charge is 0.382 e. The number of aromatic amines is 1. The van der Waals surface area contributed by atoms with Crippen molar-refractivity contribution in [3.8, 4) is 0 Å². The van der Waals surface area contributed by atoms with Gasteiger partial charge in [-0.05, 0) is 44.4 Å². The minimum absolute atomic E-state index is 0.462. The van der Waals surface area contributed by atoms with E-state index in [2.05, 4.69) is 21.9 Å². The van der Waals surface area contributed by atoms with E-state index in [4.69, 9.17) is 16.5 Å². The number of hydrogen-bond donors (Lipinski definition) is 3. The molecule has 0 aliphatic heterocycles. The highest BCUT2D eigenvalue weighted by molar-refractivity contribution is 6.03. The lowest BCUT2D eigenvalue weighted by Crippen LogP contribution is -2.00. The topological polar surface area (TPSA) is 106 Å². The Labute approximate surface area is 135 Å². The first-order chi connectivity index (χ1) is 11.2. The Hall–Kier alpha value is -2.21.